The molecular formula is C12H25NO3S. The van der Waals surface area contributed by atoms with E-state index in [1.807, 2.05) is 13.8 Å². The predicted molar refractivity (Wildman–Crippen MR) is 69.5 cm³/mol. The zero-order chi connectivity index (χ0) is 13.3. The van der Waals surface area contributed by atoms with Crippen LogP contribution in [0.4, 0.5) is 0 Å². The molecule has 0 spiro atoms. The molecule has 0 amide bonds. The lowest BCUT2D eigenvalue weighted by molar-refractivity contribution is -0.0899. The van der Waals surface area contributed by atoms with Crippen LogP contribution in [0.3, 0.4) is 0 Å². The highest BCUT2D eigenvalue weighted by Crippen LogP contribution is 2.47. The van der Waals surface area contributed by atoms with Crippen LogP contribution < -0.4 is 5.73 Å². The second-order valence-corrected chi connectivity index (χ2v) is 8.45. The summed E-state index contributed by atoms with van der Waals surface area (Å²) in [5, 5.41) is 10.5. The Morgan fingerprint density at radius 1 is 1.35 bits per heavy atom. The van der Waals surface area contributed by atoms with Crippen molar-refractivity contribution in [3.8, 4) is 0 Å². The molecule has 0 aromatic heterocycles. The first-order valence-electron chi connectivity index (χ1n) is 6.19. The van der Waals surface area contributed by atoms with E-state index in [1.165, 1.54) is 6.26 Å². The first-order chi connectivity index (χ1) is 7.63. The Balaban J connectivity index is 2.87. The molecule has 0 aliphatic heterocycles. The van der Waals surface area contributed by atoms with Gasteiger partial charge in [0.05, 0.1) is 11.9 Å². The summed E-state index contributed by atoms with van der Waals surface area (Å²) in [5.41, 5.74) is 5.23. The van der Waals surface area contributed by atoms with Gasteiger partial charge in [-0.25, -0.2) is 8.42 Å². The third-order valence-corrected chi connectivity index (χ3v) is 5.14. The fourth-order valence-corrected chi connectivity index (χ4v) is 3.74. The summed E-state index contributed by atoms with van der Waals surface area (Å²) in [6, 6.07) is 0. The minimum Gasteiger partial charge on any atom is -0.392 e. The second kappa shape index (κ2) is 4.86. The Kier molecular flexibility index (Phi) is 4.27. The van der Waals surface area contributed by atoms with Crippen LogP contribution in [0.1, 0.15) is 39.5 Å². The molecule has 0 heterocycles. The molecule has 2 unspecified atom stereocenters. The van der Waals surface area contributed by atoms with Gasteiger partial charge in [-0.3, -0.25) is 0 Å². The van der Waals surface area contributed by atoms with Gasteiger partial charge >= 0.3 is 0 Å². The summed E-state index contributed by atoms with van der Waals surface area (Å²) in [7, 11) is -3.00. The van der Waals surface area contributed by atoms with Crippen molar-refractivity contribution in [2.75, 3.05) is 18.6 Å². The van der Waals surface area contributed by atoms with Crippen LogP contribution in [0, 0.1) is 10.8 Å². The number of rotatable bonds is 4. The molecule has 17 heavy (non-hydrogen) atoms. The van der Waals surface area contributed by atoms with Gasteiger partial charge in [0.15, 0.2) is 0 Å². The summed E-state index contributed by atoms with van der Waals surface area (Å²) in [6.07, 6.45) is 3.98. The van der Waals surface area contributed by atoms with Crippen molar-refractivity contribution < 1.29 is 13.5 Å². The van der Waals surface area contributed by atoms with E-state index in [1.54, 1.807) is 0 Å². The SMILES string of the molecule is CC1(C)CCCC(CN)(CCS(C)(=O)=O)C1O. The fourth-order valence-electron chi connectivity index (χ4n) is 2.96. The lowest BCUT2D eigenvalue weighted by Crippen LogP contribution is -2.52. The monoisotopic (exact) mass is 263 g/mol. The second-order valence-electron chi connectivity index (χ2n) is 6.19. The van der Waals surface area contributed by atoms with E-state index in [0.717, 1.165) is 19.3 Å². The van der Waals surface area contributed by atoms with Crippen molar-refractivity contribution in [2.45, 2.75) is 45.6 Å². The Labute approximate surface area is 105 Å². The maximum Gasteiger partial charge on any atom is 0.147 e. The number of hydrogen-bond acceptors (Lipinski definition) is 4. The minimum atomic E-state index is -3.00. The van der Waals surface area contributed by atoms with E-state index in [2.05, 4.69) is 0 Å². The average molecular weight is 263 g/mol. The first kappa shape index (κ1) is 14.9. The Hall–Kier alpha value is -0.130. The van der Waals surface area contributed by atoms with Crippen LogP contribution in [0.25, 0.3) is 0 Å². The summed E-state index contributed by atoms with van der Waals surface area (Å²) in [5.74, 6) is 0.108. The molecule has 102 valence electrons. The van der Waals surface area contributed by atoms with Gasteiger partial charge in [0, 0.05) is 18.2 Å². The van der Waals surface area contributed by atoms with Crippen molar-refractivity contribution in [1.29, 1.82) is 0 Å². The number of aliphatic hydroxyl groups excluding tert-OH is 1. The molecule has 0 bridgehead atoms. The zero-order valence-corrected chi connectivity index (χ0v) is 11.9. The van der Waals surface area contributed by atoms with Crippen LogP contribution in [0.15, 0.2) is 0 Å². The Morgan fingerprint density at radius 3 is 2.41 bits per heavy atom. The molecule has 0 radical (unpaired) electrons. The maximum absolute atomic E-state index is 11.3. The van der Waals surface area contributed by atoms with Gasteiger partial charge in [0.25, 0.3) is 0 Å². The minimum absolute atomic E-state index is 0.108. The number of sulfone groups is 1. The highest BCUT2D eigenvalue weighted by atomic mass is 32.2. The van der Waals surface area contributed by atoms with Crippen LogP contribution in [-0.2, 0) is 9.84 Å². The van der Waals surface area contributed by atoms with Crippen molar-refractivity contribution >= 4 is 9.84 Å². The molecule has 1 aliphatic rings. The summed E-state index contributed by atoms with van der Waals surface area (Å²) in [6.45, 7) is 4.41. The zero-order valence-electron chi connectivity index (χ0n) is 11.1. The standard InChI is InChI=1S/C12H25NO3S/c1-11(2)5-4-6-12(9-13,10(11)14)7-8-17(3,15)16/h10,14H,4-9,13H2,1-3H3. The first-order valence-corrected chi connectivity index (χ1v) is 8.25. The largest absolute Gasteiger partial charge is 0.392 e. The van der Waals surface area contributed by atoms with E-state index in [-0.39, 0.29) is 11.2 Å². The van der Waals surface area contributed by atoms with Crippen LogP contribution >= 0.6 is 0 Å². The normalized spacial score (nSPS) is 33.6. The number of hydrogen-bond donors (Lipinski definition) is 2. The lowest BCUT2D eigenvalue weighted by Gasteiger charge is -2.49. The molecule has 0 aromatic carbocycles. The third-order valence-electron chi connectivity index (χ3n) is 4.19. The Morgan fingerprint density at radius 2 is 1.94 bits per heavy atom. The lowest BCUT2D eigenvalue weighted by atomic mass is 9.60. The smallest absolute Gasteiger partial charge is 0.147 e. The van der Waals surface area contributed by atoms with Gasteiger partial charge in [-0.05, 0) is 24.7 Å². The van der Waals surface area contributed by atoms with Crippen molar-refractivity contribution in [3.63, 3.8) is 0 Å². The van der Waals surface area contributed by atoms with E-state index in [4.69, 9.17) is 5.73 Å². The van der Waals surface area contributed by atoms with Crippen molar-refractivity contribution in [1.82, 2.24) is 0 Å². The van der Waals surface area contributed by atoms with Crippen molar-refractivity contribution in [2.24, 2.45) is 16.6 Å². The summed E-state index contributed by atoms with van der Waals surface area (Å²) in [4.78, 5) is 0. The highest BCUT2D eigenvalue weighted by molar-refractivity contribution is 7.90. The molecule has 0 saturated heterocycles. The van der Waals surface area contributed by atoms with E-state index in [9.17, 15) is 13.5 Å². The molecule has 2 atom stereocenters. The van der Waals surface area contributed by atoms with E-state index in [0.29, 0.717) is 13.0 Å². The van der Waals surface area contributed by atoms with Gasteiger partial charge in [0.1, 0.15) is 9.84 Å². The molecule has 3 N–H and O–H groups in total. The topological polar surface area (TPSA) is 80.4 Å². The van der Waals surface area contributed by atoms with Gasteiger partial charge in [-0.15, -0.1) is 0 Å². The van der Waals surface area contributed by atoms with E-state index < -0.39 is 21.4 Å². The van der Waals surface area contributed by atoms with Gasteiger partial charge in [-0.2, -0.15) is 0 Å². The number of aliphatic hydroxyl groups is 1. The van der Waals surface area contributed by atoms with Gasteiger partial charge in [-0.1, -0.05) is 20.3 Å². The fraction of sp³-hybridized carbons (Fsp3) is 1.00. The average Bonchev–Trinajstić information content (AvgIpc) is 2.20. The van der Waals surface area contributed by atoms with Crippen LogP contribution in [0.5, 0.6) is 0 Å². The molecule has 1 saturated carbocycles. The summed E-state index contributed by atoms with van der Waals surface area (Å²) < 4.78 is 22.6. The molecular weight excluding hydrogens is 238 g/mol. The highest BCUT2D eigenvalue weighted by Gasteiger charge is 2.47. The quantitative estimate of drug-likeness (QED) is 0.791. The predicted octanol–water partition coefficient (Wildman–Crippen LogP) is 0.937. The summed E-state index contributed by atoms with van der Waals surface area (Å²) >= 11 is 0. The maximum atomic E-state index is 11.3. The van der Waals surface area contributed by atoms with Gasteiger partial charge < -0.3 is 10.8 Å². The molecule has 0 aromatic rings. The third kappa shape index (κ3) is 3.42. The van der Waals surface area contributed by atoms with Crippen LogP contribution in [-0.4, -0.2) is 38.2 Å². The molecule has 1 rings (SSSR count). The molecule has 1 aliphatic carbocycles. The van der Waals surface area contributed by atoms with Gasteiger partial charge in [0.2, 0.25) is 0 Å². The van der Waals surface area contributed by atoms with Crippen molar-refractivity contribution in [3.05, 3.63) is 0 Å². The molecule has 5 heteroatoms. The molecule has 4 nitrogen and oxygen atoms in total. The van der Waals surface area contributed by atoms with Crippen LogP contribution in [0.2, 0.25) is 0 Å². The Bertz CT molecular complexity index is 364. The van der Waals surface area contributed by atoms with E-state index >= 15 is 0 Å². The number of nitrogens with two attached hydrogens (primary N) is 1. The molecule has 1 fully saturated rings.